The van der Waals surface area contributed by atoms with Crippen LogP contribution in [0.15, 0.2) is 47.7 Å². The molecule has 0 unspecified atom stereocenters. The van der Waals surface area contributed by atoms with E-state index >= 15 is 0 Å². The minimum Gasteiger partial charge on any atom is -0.317 e. The molecule has 2 heterocycles. The van der Waals surface area contributed by atoms with Gasteiger partial charge >= 0.3 is 0 Å². The van der Waals surface area contributed by atoms with Crippen molar-refractivity contribution in [2.75, 3.05) is 0 Å². The maximum atomic E-state index is 11.8. The SMILES string of the molecule is Cc1ccccc1-c1cn2ccnc2c(=O)[nH]1. The molecule has 0 atom stereocenters. The Morgan fingerprint density at radius 2 is 2.12 bits per heavy atom. The van der Waals surface area contributed by atoms with Crippen molar-refractivity contribution < 1.29 is 0 Å². The van der Waals surface area contributed by atoms with Crippen molar-refractivity contribution in [2.45, 2.75) is 6.92 Å². The fourth-order valence-corrected chi connectivity index (χ4v) is 1.95. The summed E-state index contributed by atoms with van der Waals surface area (Å²) >= 11 is 0. The number of aryl methyl sites for hydroxylation is 1. The molecule has 1 aromatic carbocycles. The van der Waals surface area contributed by atoms with Gasteiger partial charge in [-0.25, -0.2) is 4.98 Å². The van der Waals surface area contributed by atoms with E-state index in [-0.39, 0.29) is 5.56 Å². The average Bonchev–Trinajstić information content (AvgIpc) is 2.78. The molecule has 17 heavy (non-hydrogen) atoms. The van der Waals surface area contributed by atoms with Crippen molar-refractivity contribution in [3.63, 3.8) is 0 Å². The Balaban J connectivity index is 2.32. The highest BCUT2D eigenvalue weighted by atomic mass is 16.1. The van der Waals surface area contributed by atoms with E-state index in [1.165, 1.54) is 0 Å². The summed E-state index contributed by atoms with van der Waals surface area (Å²) in [5.74, 6) is 0. The Bertz CT molecular complexity index is 740. The van der Waals surface area contributed by atoms with E-state index in [9.17, 15) is 4.79 Å². The summed E-state index contributed by atoms with van der Waals surface area (Å²) in [6.07, 6.45) is 5.27. The Hall–Kier alpha value is -2.36. The number of nitrogens with zero attached hydrogens (tertiary/aromatic N) is 2. The van der Waals surface area contributed by atoms with Gasteiger partial charge in [0, 0.05) is 24.2 Å². The third kappa shape index (κ3) is 1.54. The molecule has 2 aromatic heterocycles. The standard InChI is InChI=1S/C13H11N3O/c1-9-4-2-3-5-10(9)11-8-16-7-6-14-12(16)13(17)15-11/h2-8H,1H3,(H,15,17). The van der Waals surface area contributed by atoms with Crippen LogP contribution in [0.5, 0.6) is 0 Å². The molecule has 0 fully saturated rings. The molecule has 4 nitrogen and oxygen atoms in total. The Morgan fingerprint density at radius 1 is 1.29 bits per heavy atom. The van der Waals surface area contributed by atoms with Crippen molar-refractivity contribution in [3.8, 4) is 11.3 Å². The van der Waals surface area contributed by atoms with Crippen LogP contribution in [0, 0.1) is 6.92 Å². The fraction of sp³-hybridized carbons (Fsp3) is 0.0769. The lowest BCUT2D eigenvalue weighted by Gasteiger charge is -2.05. The maximum absolute atomic E-state index is 11.8. The van der Waals surface area contributed by atoms with E-state index in [2.05, 4.69) is 9.97 Å². The smallest absolute Gasteiger partial charge is 0.292 e. The Morgan fingerprint density at radius 3 is 2.94 bits per heavy atom. The second-order valence-corrected chi connectivity index (χ2v) is 3.97. The molecule has 4 heteroatoms. The van der Waals surface area contributed by atoms with Gasteiger partial charge in [0.1, 0.15) is 0 Å². The number of rotatable bonds is 1. The number of hydrogen-bond acceptors (Lipinski definition) is 2. The van der Waals surface area contributed by atoms with Gasteiger partial charge in [0.2, 0.25) is 5.65 Å². The first kappa shape index (κ1) is 9.84. The molecule has 0 aliphatic rings. The largest absolute Gasteiger partial charge is 0.317 e. The molecule has 1 N–H and O–H groups in total. The molecule has 0 spiro atoms. The molecule has 0 amide bonds. The quantitative estimate of drug-likeness (QED) is 0.688. The number of fused-ring (bicyclic) bond motifs is 1. The van der Waals surface area contributed by atoms with Gasteiger partial charge in [-0.3, -0.25) is 4.79 Å². The first-order chi connectivity index (χ1) is 8.25. The zero-order chi connectivity index (χ0) is 11.8. The zero-order valence-electron chi connectivity index (χ0n) is 9.34. The summed E-state index contributed by atoms with van der Waals surface area (Å²) in [5.41, 5.74) is 3.21. The van der Waals surface area contributed by atoms with E-state index in [0.29, 0.717) is 5.65 Å². The average molecular weight is 225 g/mol. The van der Waals surface area contributed by atoms with Gasteiger partial charge in [-0.05, 0) is 12.5 Å². The zero-order valence-corrected chi connectivity index (χ0v) is 9.34. The van der Waals surface area contributed by atoms with Crippen LogP contribution in [-0.4, -0.2) is 14.4 Å². The summed E-state index contributed by atoms with van der Waals surface area (Å²) in [6.45, 7) is 2.02. The van der Waals surface area contributed by atoms with Crippen LogP contribution >= 0.6 is 0 Å². The van der Waals surface area contributed by atoms with E-state index < -0.39 is 0 Å². The lowest BCUT2D eigenvalue weighted by Crippen LogP contribution is -2.11. The monoisotopic (exact) mass is 225 g/mol. The summed E-state index contributed by atoms with van der Waals surface area (Å²) in [4.78, 5) is 18.7. The summed E-state index contributed by atoms with van der Waals surface area (Å²) in [6, 6.07) is 7.95. The molecule has 0 aliphatic heterocycles. The van der Waals surface area contributed by atoms with Gasteiger partial charge in [0.25, 0.3) is 5.56 Å². The van der Waals surface area contributed by atoms with Crippen LogP contribution in [0.3, 0.4) is 0 Å². The number of benzene rings is 1. The highest BCUT2D eigenvalue weighted by Gasteiger charge is 2.06. The number of aromatic nitrogens is 3. The second-order valence-electron chi connectivity index (χ2n) is 3.97. The van der Waals surface area contributed by atoms with E-state index in [1.807, 2.05) is 37.4 Å². The number of aromatic amines is 1. The lowest BCUT2D eigenvalue weighted by atomic mass is 10.1. The van der Waals surface area contributed by atoms with Gasteiger partial charge in [-0.2, -0.15) is 0 Å². The van der Waals surface area contributed by atoms with Gasteiger partial charge in [0.05, 0.1) is 5.69 Å². The van der Waals surface area contributed by atoms with Crippen LogP contribution in [0.4, 0.5) is 0 Å². The van der Waals surface area contributed by atoms with Crippen molar-refractivity contribution in [3.05, 3.63) is 58.8 Å². The van der Waals surface area contributed by atoms with Gasteiger partial charge in [-0.15, -0.1) is 0 Å². The lowest BCUT2D eigenvalue weighted by molar-refractivity contribution is 1.09. The first-order valence-corrected chi connectivity index (χ1v) is 5.38. The molecule has 0 radical (unpaired) electrons. The Kier molecular flexibility index (Phi) is 2.08. The number of nitrogens with one attached hydrogen (secondary N) is 1. The van der Waals surface area contributed by atoms with Gasteiger partial charge < -0.3 is 9.38 Å². The van der Waals surface area contributed by atoms with Crippen molar-refractivity contribution in [2.24, 2.45) is 0 Å². The summed E-state index contributed by atoms with van der Waals surface area (Å²) < 4.78 is 1.74. The molecule has 84 valence electrons. The van der Waals surface area contributed by atoms with Crippen LogP contribution in [0.25, 0.3) is 16.9 Å². The van der Waals surface area contributed by atoms with E-state index in [4.69, 9.17) is 0 Å². The predicted octanol–water partition coefficient (Wildman–Crippen LogP) is 2.00. The molecule has 0 saturated heterocycles. The Labute approximate surface area is 97.6 Å². The number of H-pyrrole nitrogens is 1. The maximum Gasteiger partial charge on any atom is 0.292 e. The van der Waals surface area contributed by atoms with Crippen molar-refractivity contribution >= 4 is 5.65 Å². The summed E-state index contributed by atoms with van der Waals surface area (Å²) in [7, 11) is 0. The third-order valence-electron chi connectivity index (χ3n) is 2.82. The second kappa shape index (κ2) is 3.59. The third-order valence-corrected chi connectivity index (χ3v) is 2.82. The predicted molar refractivity (Wildman–Crippen MR) is 66.0 cm³/mol. The van der Waals surface area contributed by atoms with Crippen LogP contribution in [0.1, 0.15) is 5.56 Å². The topological polar surface area (TPSA) is 50.2 Å². The minimum atomic E-state index is -0.171. The normalized spacial score (nSPS) is 10.9. The minimum absolute atomic E-state index is 0.171. The number of imidazole rings is 1. The summed E-state index contributed by atoms with van der Waals surface area (Å²) in [5, 5.41) is 0. The first-order valence-electron chi connectivity index (χ1n) is 5.38. The van der Waals surface area contributed by atoms with Gasteiger partial charge in [0.15, 0.2) is 0 Å². The van der Waals surface area contributed by atoms with Gasteiger partial charge in [-0.1, -0.05) is 24.3 Å². The van der Waals surface area contributed by atoms with Crippen molar-refractivity contribution in [1.29, 1.82) is 0 Å². The molecule has 3 aromatic rings. The van der Waals surface area contributed by atoms with Crippen LogP contribution < -0.4 is 5.56 Å². The molecule has 0 aliphatic carbocycles. The highest BCUT2D eigenvalue weighted by molar-refractivity contribution is 5.63. The van der Waals surface area contributed by atoms with E-state index in [1.54, 1.807) is 16.8 Å². The molecular weight excluding hydrogens is 214 g/mol. The van der Waals surface area contributed by atoms with Crippen LogP contribution in [-0.2, 0) is 0 Å². The van der Waals surface area contributed by atoms with Crippen molar-refractivity contribution in [1.82, 2.24) is 14.4 Å². The molecular formula is C13H11N3O. The molecule has 3 rings (SSSR count). The molecule has 0 bridgehead atoms. The fourth-order valence-electron chi connectivity index (χ4n) is 1.95. The van der Waals surface area contributed by atoms with E-state index in [0.717, 1.165) is 16.8 Å². The van der Waals surface area contributed by atoms with Crippen LogP contribution in [0.2, 0.25) is 0 Å². The molecule has 0 saturated carbocycles. The highest BCUT2D eigenvalue weighted by Crippen LogP contribution is 2.19. The number of hydrogen-bond donors (Lipinski definition) is 1.